The normalized spacial score (nSPS) is 12.1. The third kappa shape index (κ3) is 3.82. The summed E-state index contributed by atoms with van der Waals surface area (Å²) in [5, 5.41) is 14.4. The number of fused-ring (bicyclic) bond motifs is 4. The van der Waals surface area contributed by atoms with Crippen molar-refractivity contribution in [2.24, 2.45) is 0 Å². The number of pyridine rings is 2. The first kappa shape index (κ1) is 21.7. The molecule has 0 unspecified atom stereocenters. The van der Waals surface area contributed by atoms with Gasteiger partial charge < -0.3 is 5.11 Å². The van der Waals surface area contributed by atoms with Gasteiger partial charge in [0.05, 0.1) is 11.0 Å². The van der Waals surface area contributed by atoms with Crippen molar-refractivity contribution in [1.29, 1.82) is 0 Å². The summed E-state index contributed by atoms with van der Waals surface area (Å²) in [7, 11) is 0. The molecule has 35 heavy (non-hydrogen) atoms. The number of para-hydroxylation sites is 2. The van der Waals surface area contributed by atoms with Gasteiger partial charge in [0.1, 0.15) is 22.1 Å². The average molecular weight is 476 g/mol. The number of benzene rings is 3. The highest BCUT2D eigenvalue weighted by atomic mass is 32.2. The topological polar surface area (TPSA) is 50.9 Å². The van der Waals surface area contributed by atoms with Gasteiger partial charge in [-0.15, -0.1) is 0 Å². The molecule has 6 rings (SSSR count). The molecule has 0 aliphatic rings. The molecule has 172 valence electrons. The molecule has 6 aromatic rings. The first-order valence-electron chi connectivity index (χ1n) is 11.7. The zero-order chi connectivity index (χ0) is 24.2. The molecule has 0 saturated carbocycles. The van der Waals surface area contributed by atoms with E-state index in [1.54, 1.807) is 17.8 Å². The zero-order valence-electron chi connectivity index (χ0n) is 19.9. The summed E-state index contributed by atoms with van der Waals surface area (Å²) in [5.41, 5.74) is 4.15. The molecular weight excluding hydrogens is 450 g/mol. The van der Waals surface area contributed by atoms with E-state index in [2.05, 4.69) is 79.9 Å². The molecule has 1 N–H and O–H groups in total. The number of phenolic OH excluding ortho intramolecular Hbond substituents is 1. The Morgan fingerprint density at radius 1 is 0.800 bits per heavy atom. The predicted octanol–water partition coefficient (Wildman–Crippen LogP) is 7.88. The molecule has 3 aromatic carbocycles. The van der Waals surface area contributed by atoms with Crippen molar-refractivity contribution in [2.45, 2.75) is 36.1 Å². The summed E-state index contributed by atoms with van der Waals surface area (Å²) in [6, 6.07) is 28.8. The Morgan fingerprint density at radius 3 is 2.49 bits per heavy atom. The minimum atomic E-state index is 0.0325. The van der Waals surface area contributed by atoms with Crippen LogP contribution in [-0.2, 0) is 5.41 Å². The summed E-state index contributed by atoms with van der Waals surface area (Å²) >= 11 is 1.59. The largest absolute Gasteiger partial charge is 0.506 e. The van der Waals surface area contributed by atoms with Gasteiger partial charge in [0.25, 0.3) is 0 Å². The monoisotopic (exact) mass is 475 g/mol. The van der Waals surface area contributed by atoms with E-state index in [-0.39, 0.29) is 11.2 Å². The lowest BCUT2D eigenvalue weighted by Crippen LogP contribution is -2.12. The number of nitrogens with zero attached hydrogens (tertiary/aromatic N) is 3. The van der Waals surface area contributed by atoms with Crippen LogP contribution in [-0.4, -0.2) is 19.6 Å². The van der Waals surface area contributed by atoms with E-state index >= 15 is 0 Å². The maximum absolute atomic E-state index is 10.2. The van der Waals surface area contributed by atoms with Crippen LogP contribution in [0.25, 0.3) is 38.5 Å². The van der Waals surface area contributed by atoms with Crippen molar-refractivity contribution in [3.05, 3.63) is 96.7 Å². The highest BCUT2D eigenvalue weighted by Crippen LogP contribution is 2.37. The Labute approximate surface area is 208 Å². The minimum Gasteiger partial charge on any atom is -0.506 e. The SMILES string of the molecule is CC(C)(C)c1ccnc(-n2c3ccccc3c3ccc(Sc4ccc5cccc(O)c5n4)cc32)c1. The molecule has 0 saturated heterocycles. The summed E-state index contributed by atoms with van der Waals surface area (Å²) in [6.07, 6.45) is 1.90. The van der Waals surface area contributed by atoms with Crippen LogP contribution in [0, 0.1) is 0 Å². The second kappa shape index (κ2) is 8.14. The van der Waals surface area contributed by atoms with E-state index in [1.807, 2.05) is 30.5 Å². The van der Waals surface area contributed by atoms with E-state index in [4.69, 9.17) is 9.97 Å². The number of hydrogen-bond acceptors (Lipinski definition) is 4. The van der Waals surface area contributed by atoms with Crippen LogP contribution < -0.4 is 0 Å². The van der Waals surface area contributed by atoms with Crippen molar-refractivity contribution < 1.29 is 5.11 Å². The lowest BCUT2D eigenvalue weighted by atomic mass is 9.88. The number of phenols is 1. The molecule has 0 radical (unpaired) electrons. The van der Waals surface area contributed by atoms with Gasteiger partial charge in [0.2, 0.25) is 0 Å². The molecule has 0 spiro atoms. The molecule has 0 atom stereocenters. The zero-order valence-corrected chi connectivity index (χ0v) is 20.7. The summed E-state index contributed by atoms with van der Waals surface area (Å²) in [5.74, 6) is 1.12. The Kier molecular flexibility index (Phi) is 5.04. The fourth-order valence-electron chi connectivity index (χ4n) is 4.56. The third-order valence-corrected chi connectivity index (χ3v) is 7.31. The van der Waals surface area contributed by atoms with Crippen molar-refractivity contribution in [3.63, 3.8) is 0 Å². The fraction of sp³-hybridized carbons (Fsp3) is 0.133. The van der Waals surface area contributed by atoms with Crippen LogP contribution in [0.15, 0.2) is 101 Å². The van der Waals surface area contributed by atoms with Crippen LogP contribution in [0.2, 0.25) is 0 Å². The van der Waals surface area contributed by atoms with Gasteiger partial charge in [-0.3, -0.25) is 4.57 Å². The maximum atomic E-state index is 10.2. The van der Waals surface area contributed by atoms with Crippen LogP contribution in [0.1, 0.15) is 26.3 Å². The molecule has 0 aliphatic heterocycles. The van der Waals surface area contributed by atoms with E-state index in [0.717, 1.165) is 32.2 Å². The predicted molar refractivity (Wildman–Crippen MR) is 145 cm³/mol. The fourth-order valence-corrected chi connectivity index (χ4v) is 5.38. The molecule has 0 fully saturated rings. The van der Waals surface area contributed by atoms with E-state index in [9.17, 15) is 5.11 Å². The molecule has 5 heteroatoms. The first-order valence-corrected chi connectivity index (χ1v) is 12.5. The highest BCUT2D eigenvalue weighted by Gasteiger charge is 2.18. The van der Waals surface area contributed by atoms with Crippen molar-refractivity contribution >= 4 is 44.5 Å². The Balaban J connectivity index is 1.51. The van der Waals surface area contributed by atoms with Gasteiger partial charge in [0.15, 0.2) is 0 Å². The average Bonchev–Trinajstić information content (AvgIpc) is 3.18. The number of aromatic hydroxyl groups is 1. The van der Waals surface area contributed by atoms with Crippen molar-refractivity contribution in [2.75, 3.05) is 0 Å². The van der Waals surface area contributed by atoms with E-state index in [0.29, 0.717) is 5.52 Å². The smallest absolute Gasteiger partial charge is 0.141 e. The van der Waals surface area contributed by atoms with Gasteiger partial charge in [-0.25, -0.2) is 9.97 Å². The third-order valence-electron chi connectivity index (χ3n) is 6.38. The molecule has 0 aliphatic carbocycles. The van der Waals surface area contributed by atoms with Crippen molar-refractivity contribution in [3.8, 4) is 11.6 Å². The molecular formula is C30H25N3OS. The van der Waals surface area contributed by atoms with Crippen LogP contribution in [0.5, 0.6) is 5.75 Å². The Hall–Kier alpha value is -3.83. The van der Waals surface area contributed by atoms with Gasteiger partial charge >= 0.3 is 0 Å². The van der Waals surface area contributed by atoms with Crippen molar-refractivity contribution in [1.82, 2.24) is 14.5 Å². The Morgan fingerprint density at radius 2 is 1.63 bits per heavy atom. The minimum absolute atomic E-state index is 0.0325. The second-order valence-corrected chi connectivity index (χ2v) is 10.9. The number of rotatable bonds is 3. The molecule has 3 heterocycles. The van der Waals surface area contributed by atoms with Gasteiger partial charge in [-0.2, -0.15) is 0 Å². The number of hydrogen-bond donors (Lipinski definition) is 1. The second-order valence-electron chi connectivity index (χ2n) is 9.78. The maximum Gasteiger partial charge on any atom is 0.141 e. The molecule has 0 bridgehead atoms. The quantitative estimate of drug-likeness (QED) is 0.283. The standard InChI is InChI=1S/C30H25N3OS/c1-30(2,3)20-15-16-31-27(17-20)33-24-9-5-4-8-22(24)23-13-12-21(18-25(23)33)35-28-14-11-19-7-6-10-26(34)29(19)32-28/h4-18,34H,1-3H3. The first-order chi connectivity index (χ1) is 16.9. The van der Waals surface area contributed by atoms with E-state index < -0.39 is 0 Å². The lowest BCUT2D eigenvalue weighted by molar-refractivity contribution is 0.480. The summed E-state index contributed by atoms with van der Waals surface area (Å²) in [6.45, 7) is 6.67. The summed E-state index contributed by atoms with van der Waals surface area (Å²) < 4.78 is 2.25. The van der Waals surface area contributed by atoms with Crippen LogP contribution in [0.4, 0.5) is 0 Å². The lowest BCUT2D eigenvalue weighted by Gasteiger charge is -2.20. The summed E-state index contributed by atoms with van der Waals surface area (Å²) in [4.78, 5) is 10.6. The highest BCUT2D eigenvalue weighted by molar-refractivity contribution is 7.99. The molecule has 3 aromatic heterocycles. The van der Waals surface area contributed by atoms with Gasteiger partial charge in [-0.1, -0.05) is 68.9 Å². The van der Waals surface area contributed by atoms with Crippen LogP contribution in [0.3, 0.4) is 0 Å². The molecule has 4 nitrogen and oxygen atoms in total. The van der Waals surface area contributed by atoms with Gasteiger partial charge in [-0.05, 0) is 59.5 Å². The molecule has 0 amide bonds. The van der Waals surface area contributed by atoms with E-state index in [1.165, 1.54) is 16.3 Å². The van der Waals surface area contributed by atoms with Gasteiger partial charge in [0, 0.05) is 27.3 Å². The van der Waals surface area contributed by atoms with Crippen LogP contribution >= 0.6 is 11.8 Å². The number of aromatic nitrogens is 3. The Bertz CT molecular complexity index is 1730.